The van der Waals surface area contributed by atoms with Gasteiger partial charge in [0.2, 0.25) is 0 Å². The highest BCUT2D eigenvalue weighted by atomic mass is 16.5. The van der Waals surface area contributed by atoms with E-state index in [1.54, 1.807) is 67.8 Å². The van der Waals surface area contributed by atoms with Gasteiger partial charge in [-0.15, -0.1) is 0 Å². The SMILES string of the molecule is CCCCOc1cc(OC)ccc1C(=O)Nc1ccccc1C(=O)Nc1ccccc1OC. The Morgan fingerprint density at radius 2 is 1.42 bits per heavy atom. The van der Waals surface area contributed by atoms with Gasteiger partial charge >= 0.3 is 0 Å². The third-order valence-corrected chi connectivity index (χ3v) is 4.96. The summed E-state index contributed by atoms with van der Waals surface area (Å²) in [5.74, 6) is 0.802. The van der Waals surface area contributed by atoms with Gasteiger partial charge in [0.15, 0.2) is 0 Å². The summed E-state index contributed by atoms with van der Waals surface area (Å²) >= 11 is 0. The predicted octanol–water partition coefficient (Wildman–Crippen LogP) is 5.39. The molecular formula is C26H28N2O5. The van der Waals surface area contributed by atoms with E-state index in [4.69, 9.17) is 14.2 Å². The van der Waals surface area contributed by atoms with Gasteiger partial charge in [0.1, 0.15) is 17.2 Å². The largest absolute Gasteiger partial charge is 0.497 e. The van der Waals surface area contributed by atoms with E-state index in [-0.39, 0.29) is 11.8 Å². The minimum atomic E-state index is -0.387. The molecule has 0 unspecified atom stereocenters. The van der Waals surface area contributed by atoms with Gasteiger partial charge in [-0.2, -0.15) is 0 Å². The van der Waals surface area contributed by atoms with Crippen LogP contribution in [0.25, 0.3) is 0 Å². The van der Waals surface area contributed by atoms with Gasteiger partial charge in [-0.25, -0.2) is 0 Å². The molecule has 3 rings (SSSR count). The number of carbonyl (C=O) groups is 2. The number of methoxy groups -OCH3 is 2. The summed E-state index contributed by atoms with van der Waals surface area (Å²) in [7, 11) is 3.09. The molecule has 7 heteroatoms. The zero-order valence-electron chi connectivity index (χ0n) is 19.0. The van der Waals surface area contributed by atoms with Crippen molar-refractivity contribution in [3.63, 3.8) is 0 Å². The Balaban J connectivity index is 1.83. The molecule has 0 radical (unpaired) electrons. The molecular weight excluding hydrogens is 420 g/mol. The van der Waals surface area contributed by atoms with Crippen LogP contribution in [-0.4, -0.2) is 32.6 Å². The molecule has 0 aliphatic heterocycles. The lowest BCUT2D eigenvalue weighted by molar-refractivity contribution is 0.102. The van der Waals surface area contributed by atoms with Crippen molar-refractivity contribution in [1.82, 2.24) is 0 Å². The van der Waals surface area contributed by atoms with Gasteiger partial charge in [-0.3, -0.25) is 9.59 Å². The fourth-order valence-corrected chi connectivity index (χ4v) is 3.18. The predicted molar refractivity (Wildman–Crippen MR) is 129 cm³/mol. The number of unbranched alkanes of at least 4 members (excludes halogenated alkanes) is 1. The molecule has 0 aromatic heterocycles. The minimum Gasteiger partial charge on any atom is -0.497 e. The summed E-state index contributed by atoms with van der Waals surface area (Å²) in [5, 5.41) is 5.67. The van der Waals surface area contributed by atoms with Crippen molar-refractivity contribution < 1.29 is 23.8 Å². The Labute approximate surface area is 193 Å². The van der Waals surface area contributed by atoms with Crippen molar-refractivity contribution in [2.75, 3.05) is 31.5 Å². The fourth-order valence-electron chi connectivity index (χ4n) is 3.18. The van der Waals surface area contributed by atoms with Crippen LogP contribution in [0.3, 0.4) is 0 Å². The molecule has 0 spiro atoms. The molecule has 2 amide bonds. The summed E-state index contributed by atoms with van der Waals surface area (Å²) in [6, 6.07) is 19.0. The number of ether oxygens (including phenoxy) is 3. The van der Waals surface area contributed by atoms with Crippen LogP contribution in [0.4, 0.5) is 11.4 Å². The Bertz CT molecular complexity index is 1110. The van der Waals surface area contributed by atoms with Gasteiger partial charge in [-0.1, -0.05) is 37.6 Å². The van der Waals surface area contributed by atoms with Gasteiger partial charge in [0.25, 0.3) is 11.8 Å². The normalized spacial score (nSPS) is 10.3. The number of amides is 2. The van der Waals surface area contributed by atoms with Crippen molar-refractivity contribution in [3.05, 3.63) is 77.9 Å². The first-order valence-corrected chi connectivity index (χ1v) is 10.7. The quantitative estimate of drug-likeness (QED) is 0.406. The van der Waals surface area contributed by atoms with Crippen LogP contribution < -0.4 is 24.8 Å². The highest BCUT2D eigenvalue weighted by Crippen LogP contribution is 2.28. The van der Waals surface area contributed by atoms with Gasteiger partial charge in [-0.05, 0) is 42.8 Å². The zero-order valence-corrected chi connectivity index (χ0v) is 19.0. The van der Waals surface area contributed by atoms with Crippen molar-refractivity contribution >= 4 is 23.2 Å². The number of rotatable bonds is 10. The number of nitrogens with one attached hydrogen (secondary N) is 2. The first-order chi connectivity index (χ1) is 16.1. The summed E-state index contributed by atoms with van der Waals surface area (Å²) in [6.45, 7) is 2.55. The van der Waals surface area contributed by atoms with Crippen molar-refractivity contribution in [2.24, 2.45) is 0 Å². The molecule has 3 aromatic carbocycles. The molecule has 0 saturated carbocycles. The van der Waals surface area contributed by atoms with Crippen LogP contribution in [0, 0.1) is 0 Å². The fraction of sp³-hybridized carbons (Fsp3) is 0.231. The van der Waals surface area contributed by atoms with Gasteiger partial charge in [0.05, 0.1) is 43.3 Å². The molecule has 0 aliphatic rings. The number of para-hydroxylation sites is 3. The third-order valence-electron chi connectivity index (χ3n) is 4.96. The van der Waals surface area contributed by atoms with Crippen LogP contribution in [0.5, 0.6) is 17.2 Å². The lowest BCUT2D eigenvalue weighted by Crippen LogP contribution is -2.19. The molecule has 0 aliphatic carbocycles. The highest BCUT2D eigenvalue weighted by molar-refractivity contribution is 6.13. The molecule has 33 heavy (non-hydrogen) atoms. The van der Waals surface area contributed by atoms with Crippen LogP contribution in [0.2, 0.25) is 0 Å². The van der Waals surface area contributed by atoms with Crippen LogP contribution in [0.1, 0.15) is 40.5 Å². The number of carbonyl (C=O) groups excluding carboxylic acids is 2. The number of hydrogen-bond donors (Lipinski definition) is 2. The van der Waals surface area contributed by atoms with E-state index >= 15 is 0 Å². The Morgan fingerprint density at radius 1 is 0.758 bits per heavy atom. The van der Waals surface area contributed by atoms with E-state index in [1.165, 1.54) is 7.11 Å². The summed E-state index contributed by atoms with van der Waals surface area (Å²) < 4.78 is 16.4. The lowest BCUT2D eigenvalue weighted by atomic mass is 10.1. The molecule has 0 heterocycles. The van der Waals surface area contributed by atoms with Crippen molar-refractivity contribution in [1.29, 1.82) is 0 Å². The summed E-state index contributed by atoms with van der Waals surface area (Å²) in [4.78, 5) is 26.1. The lowest BCUT2D eigenvalue weighted by Gasteiger charge is -2.15. The smallest absolute Gasteiger partial charge is 0.259 e. The third kappa shape index (κ3) is 6.04. The van der Waals surface area contributed by atoms with E-state index < -0.39 is 0 Å². The molecule has 0 fully saturated rings. The molecule has 2 N–H and O–H groups in total. The molecule has 0 atom stereocenters. The van der Waals surface area contributed by atoms with Crippen LogP contribution in [-0.2, 0) is 0 Å². The monoisotopic (exact) mass is 448 g/mol. The minimum absolute atomic E-state index is 0.318. The molecule has 7 nitrogen and oxygen atoms in total. The summed E-state index contributed by atoms with van der Waals surface area (Å²) in [5.41, 5.74) is 1.59. The topological polar surface area (TPSA) is 85.9 Å². The average Bonchev–Trinajstić information content (AvgIpc) is 2.84. The number of hydrogen-bond acceptors (Lipinski definition) is 5. The maximum atomic E-state index is 13.1. The molecule has 172 valence electrons. The molecule has 0 bridgehead atoms. The second-order valence-electron chi connectivity index (χ2n) is 7.22. The Morgan fingerprint density at radius 3 is 2.15 bits per heavy atom. The van der Waals surface area contributed by atoms with Gasteiger partial charge < -0.3 is 24.8 Å². The first-order valence-electron chi connectivity index (χ1n) is 10.7. The number of anilines is 2. The Hall–Kier alpha value is -4.00. The van der Waals surface area contributed by atoms with Crippen molar-refractivity contribution in [3.8, 4) is 17.2 Å². The van der Waals surface area contributed by atoms with Crippen LogP contribution in [0.15, 0.2) is 66.7 Å². The van der Waals surface area contributed by atoms with Crippen LogP contribution >= 0.6 is 0 Å². The van der Waals surface area contributed by atoms with E-state index in [9.17, 15) is 9.59 Å². The maximum Gasteiger partial charge on any atom is 0.259 e. The van der Waals surface area contributed by atoms with E-state index in [0.717, 1.165) is 12.8 Å². The second-order valence-corrected chi connectivity index (χ2v) is 7.22. The standard InChI is InChI=1S/C26H28N2O5/c1-4-5-16-33-24-17-18(31-2)14-15-20(24)26(30)27-21-11-7-6-10-19(21)25(29)28-22-12-8-9-13-23(22)32-3/h6-15,17H,4-5,16H2,1-3H3,(H,27,30)(H,28,29). The van der Waals surface area contributed by atoms with Gasteiger partial charge in [0, 0.05) is 6.07 Å². The zero-order chi connectivity index (χ0) is 23.6. The van der Waals surface area contributed by atoms with E-state index in [2.05, 4.69) is 17.6 Å². The molecule has 3 aromatic rings. The highest BCUT2D eigenvalue weighted by Gasteiger charge is 2.18. The Kier molecular flexibility index (Phi) is 8.30. The summed E-state index contributed by atoms with van der Waals surface area (Å²) in [6.07, 6.45) is 1.84. The van der Waals surface area contributed by atoms with Crippen molar-refractivity contribution in [2.45, 2.75) is 19.8 Å². The average molecular weight is 449 g/mol. The maximum absolute atomic E-state index is 13.1. The first kappa shape index (κ1) is 23.7. The molecule has 0 saturated heterocycles. The number of benzene rings is 3. The van der Waals surface area contributed by atoms with E-state index in [0.29, 0.717) is 46.4 Å². The van der Waals surface area contributed by atoms with E-state index in [1.807, 2.05) is 6.07 Å². The second kappa shape index (κ2) is 11.6.